The van der Waals surface area contributed by atoms with Crippen LogP contribution in [-0.2, 0) is 0 Å². The Kier molecular flexibility index (Phi) is 2.97. The first-order chi connectivity index (χ1) is 12.3. The molecule has 5 aromatic rings. The van der Waals surface area contributed by atoms with Crippen LogP contribution in [0.5, 0.6) is 5.75 Å². The molecule has 0 radical (unpaired) electrons. The van der Waals surface area contributed by atoms with E-state index in [1.165, 1.54) is 0 Å². The van der Waals surface area contributed by atoms with Crippen molar-refractivity contribution in [3.63, 3.8) is 0 Å². The van der Waals surface area contributed by atoms with Crippen molar-refractivity contribution >= 4 is 33.1 Å². The largest absolute Gasteiger partial charge is 0.497 e. The van der Waals surface area contributed by atoms with E-state index in [1.807, 2.05) is 60.7 Å². The molecule has 120 valence electrons. The topological polar surface area (TPSA) is 39.9 Å². The molecule has 0 unspecified atom stereocenters. The Hall–Kier alpha value is -3.40. The smallest absolute Gasteiger partial charge is 0.165 e. The van der Waals surface area contributed by atoms with Crippen LogP contribution in [0.2, 0.25) is 0 Å². The van der Waals surface area contributed by atoms with Crippen molar-refractivity contribution in [3.05, 3.63) is 72.8 Å². The third-order valence-electron chi connectivity index (χ3n) is 4.49. The van der Waals surface area contributed by atoms with E-state index in [0.717, 1.165) is 44.5 Å². The Labute approximate surface area is 144 Å². The van der Waals surface area contributed by atoms with Crippen LogP contribution in [0, 0.1) is 0 Å². The van der Waals surface area contributed by atoms with Crippen LogP contribution in [0.15, 0.2) is 72.8 Å². The minimum absolute atomic E-state index is 0.834. The molecule has 0 atom stereocenters. The van der Waals surface area contributed by atoms with Crippen molar-refractivity contribution in [1.82, 2.24) is 14.5 Å². The van der Waals surface area contributed by atoms with Crippen molar-refractivity contribution in [2.75, 3.05) is 7.11 Å². The zero-order valence-corrected chi connectivity index (χ0v) is 13.7. The van der Waals surface area contributed by atoms with Gasteiger partial charge in [0, 0.05) is 11.1 Å². The van der Waals surface area contributed by atoms with E-state index in [-0.39, 0.29) is 0 Å². The molecule has 2 aromatic heterocycles. The van der Waals surface area contributed by atoms with E-state index in [4.69, 9.17) is 14.7 Å². The highest BCUT2D eigenvalue weighted by Crippen LogP contribution is 2.31. The minimum atomic E-state index is 0.834. The number of nitrogens with zero attached hydrogens (tertiary/aromatic N) is 3. The summed E-state index contributed by atoms with van der Waals surface area (Å²) in [6, 6.07) is 24.3. The second-order valence-electron chi connectivity index (χ2n) is 5.94. The molecular formula is C21H15N3O. The van der Waals surface area contributed by atoms with Crippen molar-refractivity contribution < 1.29 is 4.74 Å². The first-order valence-electron chi connectivity index (χ1n) is 8.15. The summed E-state index contributed by atoms with van der Waals surface area (Å²) in [6.45, 7) is 0. The van der Waals surface area contributed by atoms with Crippen LogP contribution < -0.4 is 4.74 Å². The van der Waals surface area contributed by atoms with Gasteiger partial charge in [-0.05, 0) is 42.5 Å². The highest BCUT2D eigenvalue weighted by Gasteiger charge is 2.15. The average Bonchev–Trinajstić information content (AvgIpc) is 3.00. The van der Waals surface area contributed by atoms with Crippen LogP contribution in [-0.4, -0.2) is 21.6 Å². The number of rotatable bonds is 2. The fraction of sp³-hybridized carbons (Fsp3) is 0.0476. The fourth-order valence-corrected chi connectivity index (χ4v) is 3.30. The van der Waals surface area contributed by atoms with Crippen LogP contribution >= 0.6 is 0 Å². The molecule has 2 heterocycles. The highest BCUT2D eigenvalue weighted by atomic mass is 16.5. The Balaban J connectivity index is 1.92. The Bertz CT molecular complexity index is 1220. The van der Waals surface area contributed by atoms with Crippen LogP contribution in [0.25, 0.3) is 38.8 Å². The molecule has 5 rings (SSSR count). The molecule has 25 heavy (non-hydrogen) atoms. The van der Waals surface area contributed by atoms with Gasteiger partial charge in [0.25, 0.3) is 0 Å². The summed E-state index contributed by atoms with van der Waals surface area (Å²) in [6.07, 6.45) is 0. The molecule has 0 aliphatic rings. The molecule has 0 bridgehead atoms. The number of ether oxygens (including phenoxy) is 1. The second kappa shape index (κ2) is 5.31. The molecule has 4 heteroatoms. The molecular weight excluding hydrogens is 310 g/mol. The first-order valence-corrected chi connectivity index (χ1v) is 8.15. The number of methoxy groups -OCH3 is 1. The van der Waals surface area contributed by atoms with Gasteiger partial charge in [-0.25, -0.2) is 9.97 Å². The van der Waals surface area contributed by atoms with Gasteiger partial charge in [-0.3, -0.25) is 4.57 Å². The fourth-order valence-electron chi connectivity index (χ4n) is 3.30. The summed E-state index contributed by atoms with van der Waals surface area (Å²) >= 11 is 0. The van der Waals surface area contributed by atoms with Crippen LogP contribution in [0.3, 0.4) is 0 Å². The Morgan fingerprint density at radius 2 is 1.44 bits per heavy atom. The van der Waals surface area contributed by atoms with E-state index in [1.54, 1.807) is 7.11 Å². The summed E-state index contributed by atoms with van der Waals surface area (Å²) in [5.41, 5.74) is 5.73. The molecule has 0 fully saturated rings. The Morgan fingerprint density at radius 3 is 2.20 bits per heavy atom. The zero-order valence-electron chi connectivity index (χ0n) is 13.7. The summed E-state index contributed by atoms with van der Waals surface area (Å²) in [7, 11) is 1.67. The third kappa shape index (κ3) is 2.08. The minimum Gasteiger partial charge on any atom is -0.497 e. The van der Waals surface area contributed by atoms with E-state index < -0.39 is 0 Å². The molecule has 0 amide bonds. The molecule has 0 aliphatic heterocycles. The van der Waals surface area contributed by atoms with Gasteiger partial charge in [-0.2, -0.15) is 0 Å². The van der Waals surface area contributed by atoms with Gasteiger partial charge in [-0.1, -0.05) is 30.3 Å². The molecule has 0 N–H and O–H groups in total. The SMILES string of the molecule is COc1ccc(-n2c3ccccc3c3nc4ccccc4nc32)cc1. The summed E-state index contributed by atoms with van der Waals surface area (Å²) in [5, 5.41) is 1.10. The highest BCUT2D eigenvalue weighted by molar-refractivity contribution is 6.07. The summed E-state index contributed by atoms with van der Waals surface area (Å²) in [5.74, 6) is 0.834. The van der Waals surface area contributed by atoms with Gasteiger partial charge in [0.05, 0.1) is 23.7 Å². The van der Waals surface area contributed by atoms with E-state index in [2.05, 4.69) is 16.7 Å². The van der Waals surface area contributed by atoms with Gasteiger partial charge >= 0.3 is 0 Å². The average molecular weight is 325 g/mol. The Morgan fingerprint density at radius 1 is 0.760 bits per heavy atom. The predicted octanol–water partition coefficient (Wildman–Crippen LogP) is 4.74. The van der Waals surface area contributed by atoms with E-state index in [0.29, 0.717) is 0 Å². The maximum Gasteiger partial charge on any atom is 0.165 e. The molecule has 0 saturated heterocycles. The normalized spacial score (nSPS) is 11.4. The van der Waals surface area contributed by atoms with Crippen molar-refractivity contribution in [2.24, 2.45) is 0 Å². The summed E-state index contributed by atoms with van der Waals surface area (Å²) in [4.78, 5) is 9.78. The number of para-hydroxylation sites is 3. The van der Waals surface area contributed by atoms with Gasteiger partial charge < -0.3 is 4.74 Å². The van der Waals surface area contributed by atoms with Gasteiger partial charge in [0.1, 0.15) is 11.3 Å². The third-order valence-corrected chi connectivity index (χ3v) is 4.49. The quantitative estimate of drug-likeness (QED) is 0.471. The van der Waals surface area contributed by atoms with Crippen molar-refractivity contribution in [3.8, 4) is 11.4 Å². The van der Waals surface area contributed by atoms with E-state index >= 15 is 0 Å². The van der Waals surface area contributed by atoms with Crippen LogP contribution in [0.4, 0.5) is 0 Å². The number of benzene rings is 3. The molecule has 0 saturated carbocycles. The lowest BCUT2D eigenvalue weighted by Crippen LogP contribution is -1.96. The van der Waals surface area contributed by atoms with Crippen molar-refractivity contribution in [1.29, 1.82) is 0 Å². The number of hydrogen-bond acceptors (Lipinski definition) is 3. The lowest BCUT2D eigenvalue weighted by molar-refractivity contribution is 0.415. The van der Waals surface area contributed by atoms with Gasteiger partial charge in [0.15, 0.2) is 5.65 Å². The number of aromatic nitrogens is 3. The zero-order chi connectivity index (χ0) is 16.8. The molecule has 3 aromatic carbocycles. The van der Waals surface area contributed by atoms with Crippen LogP contribution in [0.1, 0.15) is 0 Å². The first kappa shape index (κ1) is 14.0. The van der Waals surface area contributed by atoms with Gasteiger partial charge in [0.2, 0.25) is 0 Å². The number of hydrogen-bond donors (Lipinski definition) is 0. The monoisotopic (exact) mass is 325 g/mol. The standard InChI is InChI=1S/C21H15N3O/c1-25-15-12-10-14(11-13-15)24-19-9-5-2-6-16(19)20-21(24)23-18-8-4-3-7-17(18)22-20/h2-13H,1H3. The number of fused-ring (bicyclic) bond motifs is 4. The van der Waals surface area contributed by atoms with Crippen molar-refractivity contribution in [2.45, 2.75) is 0 Å². The predicted molar refractivity (Wildman–Crippen MR) is 100 cm³/mol. The molecule has 0 aliphatic carbocycles. The molecule has 0 spiro atoms. The second-order valence-corrected chi connectivity index (χ2v) is 5.94. The lowest BCUT2D eigenvalue weighted by Gasteiger charge is -2.08. The maximum atomic E-state index is 5.28. The summed E-state index contributed by atoms with van der Waals surface area (Å²) < 4.78 is 7.44. The molecule has 4 nitrogen and oxygen atoms in total. The van der Waals surface area contributed by atoms with Gasteiger partial charge in [-0.15, -0.1) is 0 Å². The maximum absolute atomic E-state index is 5.28. The lowest BCUT2D eigenvalue weighted by atomic mass is 10.2. The van der Waals surface area contributed by atoms with E-state index in [9.17, 15) is 0 Å².